The van der Waals surface area contributed by atoms with Gasteiger partial charge in [-0.25, -0.2) is 4.98 Å². The zero-order valence-corrected chi connectivity index (χ0v) is 41.5. The molecule has 0 N–H and O–H groups in total. The number of rotatable bonds is 7. The van der Waals surface area contributed by atoms with E-state index < -0.39 is 25.0 Å². The number of anilines is 4. The molecule has 0 saturated carbocycles. The Morgan fingerprint density at radius 1 is 0.597 bits per heavy atom. The van der Waals surface area contributed by atoms with Gasteiger partial charge in [-0.15, -0.1) is 48.1 Å². The molecule has 6 heteroatoms. The molecular formula is C61H57N4OPt-3. The summed E-state index contributed by atoms with van der Waals surface area (Å²) < 4.78 is 77.4. The average Bonchev–Trinajstić information content (AvgIpc) is 3.92. The first kappa shape index (κ1) is 36.7. The summed E-state index contributed by atoms with van der Waals surface area (Å²) in [7, 11) is 0. The van der Waals surface area contributed by atoms with Crippen LogP contribution >= 0.6 is 0 Å². The van der Waals surface area contributed by atoms with Crippen molar-refractivity contribution in [3.63, 3.8) is 0 Å². The number of para-hydroxylation sites is 3. The van der Waals surface area contributed by atoms with Gasteiger partial charge in [0.1, 0.15) is 5.82 Å². The Labute approximate surface area is 422 Å². The van der Waals surface area contributed by atoms with E-state index >= 15 is 0 Å². The molecule has 0 saturated heterocycles. The molecule has 0 fully saturated rings. The van der Waals surface area contributed by atoms with Crippen LogP contribution in [0.5, 0.6) is 11.5 Å². The van der Waals surface area contributed by atoms with Crippen molar-refractivity contribution in [1.29, 1.82) is 0 Å². The minimum Gasteiger partial charge on any atom is -0.509 e. The minimum atomic E-state index is -2.33. The van der Waals surface area contributed by atoms with Crippen molar-refractivity contribution < 1.29 is 36.8 Å². The van der Waals surface area contributed by atoms with Crippen molar-refractivity contribution in [2.24, 2.45) is 0 Å². The minimum absolute atomic E-state index is 0. The van der Waals surface area contributed by atoms with Crippen LogP contribution in [0.1, 0.15) is 95.5 Å². The molecule has 0 bridgehead atoms. The van der Waals surface area contributed by atoms with Gasteiger partial charge in [-0.1, -0.05) is 159 Å². The van der Waals surface area contributed by atoms with Gasteiger partial charge in [0.25, 0.3) is 0 Å². The third kappa shape index (κ3) is 8.71. The fraction of sp³-hybridized carbons (Fsp3) is 0.213. The van der Waals surface area contributed by atoms with E-state index in [-0.39, 0.29) is 60.5 Å². The molecule has 1 aliphatic heterocycles. The smallest absolute Gasteiger partial charge is 0.135 e. The molecule has 0 unspecified atom stereocenters. The Hall–Kier alpha value is -6.42. The van der Waals surface area contributed by atoms with Crippen LogP contribution in [0.25, 0.3) is 49.9 Å². The molecule has 0 amide bonds. The summed E-state index contributed by atoms with van der Waals surface area (Å²) in [5.41, 5.74) is 9.86. The van der Waals surface area contributed by atoms with Crippen LogP contribution in [0, 0.1) is 25.7 Å². The average molecular weight is 1070 g/mol. The number of ether oxygens (including phenoxy) is 1. The van der Waals surface area contributed by atoms with Crippen LogP contribution in [-0.4, -0.2) is 9.55 Å². The largest absolute Gasteiger partial charge is 0.509 e. The number of pyridine rings is 1. The monoisotopic (exact) mass is 1060 g/mol. The van der Waals surface area contributed by atoms with Crippen LogP contribution in [0.2, 0.25) is 0 Å². The Kier molecular flexibility index (Phi) is 9.49. The summed E-state index contributed by atoms with van der Waals surface area (Å²) in [6.45, 7) is 19.3. The van der Waals surface area contributed by atoms with Crippen molar-refractivity contribution in [3.05, 3.63) is 199 Å². The topological polar surface area (TPSA) is 33.5 Å². The zero-order valence-electron chi connectivity index (χ0n) is 47.2. The van der Waals surface area contributed by atoms with Gasteiger partial charge in [0.2, 0.25) is 0 Å². The quantitative estimate of drug-likeness (QED) is 0.149. The standard InChI is InChI=1S/C61H57N4O.Pt/c1-40-30-31-62-57(32-40)65-53-29-26-43(59(2,3)4)36-52(53)51-28-27-48(38-56(51)65)66-47-21-16-20-46(37-47)63-39-64(55-25-15-14-24-54(55)63)58-49(41-18-12-11-13-19-41)22-17-23-50(58)42-33-44(60(5,6)7)35-45(34-42)61(8,9)10;/h11-36,39H,1-10H3;/q-3;/i1D3,11D,12D,13D,18D,19D;. The fourth-order valence-corrected chi connectivity index (χ4v) is 8.74. The first-order valence-corrected chi connectivity index (χ1v) is 22.4. The molecule has 5 nitrogen and oxygen atoms in total. The van der Waals surface area contributed by atoms with Crippen LogP contribution in [0.15, 0.2) is 158 Å². The summed E-state index contributed by atoms with van der Waals surface area (Å²) in [4.78, 5) is 8.72. The molecule has 0 radical (unpaired) electrons. The predicted molar refractivity (Wildman–Crippen MR) is 276 cm³/mol. The van der Waals surface area contributed by atoms with Crippen molar-refractivity contribution in [2.75, 3.05) is 9.80 Å². The van der Waals surface area contributed by atoms with Gasteiger partial charge in [0.05, 0.1) is 6.85 Å². The maximum absolute atomic E-state index is 9.21. The van der Waals surface area contributed by atoms with Gasteiger partial charge in [0.15, 0.2) is 0 Å². The van der Waals surface area contributed by atoms with E-state index in [1.807, 2.05) is 93.8 Å². The molecular weight excluding hydrogens is 1000 g/mol. The van der Waals surface area contributed by atoms with Gasteiger partial charge in [-0.2, -0.15) is 12.1 Å². The van der Waals surface area contributed by atoms with Crippen molar-refractivity contribution in [2.45, 2.75) is 85.4 Å². The fourth-order valence-electron chi connectivity index (χ4n) is 8.74. The first-order chi connectivity index (χ1) is 34.8. The number of hydrogen-bond acceptors (Lipinski definition) is 4. The van der Waals surface area contributed by atoms with Gasteiger partial charge >= 0.3 is 0 Å². The van der Waals surface area contributed by atoms with E-state index in [2.05, 4.69) is 116 Å². The number of hydrogen-bond donors (Lipinski definition) is 0. The second-order valence-corrected chi connectivity index (χ2v) is 20.2. The van der Waals surface area contributed by atoms with Gasteiger partial charge in [0, 0.05) is 76.6 Å². The van der Waals surface area contributed by atoms with E-state index in [0.29, 0.717) is 39.8 Å². The Balaban J connectivity index is 0.00000689. The van der Waals surface area contributed by atoms with Gasteiger partial charge in [-0.3, -0.25) is 0 Å². The van der Waals surface area contributed by atoms with E-state index in [9.17, 15) is 2.74 Å². The summed E-state index contributed by atoms with van der Waals surface area (Å²) in [5.74, 6) is 1.27. The molecule has 340 valence electrons. The van der Waals surface area contributed by atoms with Crippen molar-refractivity contribution in [3.8, 4) is 39.6 Å². The van der Waals surface area contributed by atoms with E-state index in [1.165, 1.54) is 12.3 Å². The second-order valence-electron chi connectivity index (χ2n) is 20.2. The molecule has 9 aromatic rings. The molecule has 0 atom stereocenters. The summed E-state index contributed by atoms with van der Waals surface area (Å²) >= 11 is 0. The maximum Gasteiger partial charge on any atom is 0.135 e. The number of benzene rings is 7. The number of nitrogens with zero attached hydrogens (tertiary/aromatic N) is 4. The predicted octanol–water partition coefficient (Wildman–Crippen LogP) is 16.5. The second kappa shape index (κ2) is 17.3. The Morgan fingerprint density at radius 3 is 1.94 bits per heavy atom. The van der Waals surface area contributed by atoms with Crippen LogP contribution in [0.4, 0.5) is 22.7 Å². The van der Waals surface area contributed by atoms with Gasteiger partial charge < -0.3 is 19.1 Å². The first-order valence-electron chi connectivity index (χ1n) is 26.4. The Bertz CT molecular complexity index is 3650. The maximum atomic E-state index is 9.21. The Morgan fingerprint density at radius 2 is 1.25 bits per heavy atom. The summed E-state index contributed by atoms with van der Waals surface area (Å²) in [6.07, 6.45) is 1.52. The van der Waals surface area contributed by atoms with E-state index in [0.717, 1.165) is 55.5 Å². The van der Waals surface area contributed by atoms with Crippen LogP contribution < -0.4 is 14.5 Å². The molecule has 7 aromatic carbocycles. The number of fused-ring (bicyclic) bond motifs is 4. The normalized spacial score (nSPS) is 14.9. The van der Waals surface area contributed by atoms with E-state index in [1.54, 1.807) is 6.07 Å². The number of aryl methyl sites for hydroxylation is 1. The number of aromatic nitrogens is 2. The third-order valence-electron chi connectivity index (χ3n) is 12.4. The molecule has 10 rings (SSSR count). The summed E-state index contributed by atoms with van der Waals surface area (Å²) in [5, 5.41) is 1.88. The molecule has 0 spiro atoms. The molecule has 0 aliphatic carbocycles. The van der Waals surface area contributed by atoms with Crippen LogP contribution in [0.3, 0.4) is 0 Å². The third-order valence-corrected chi connectivity index (χ3v) is 12.4. The van der Waals surface area contributed by atoms with Crippen molar-refractivity contribution in [1.82, 2.24) is 9.55 Å². The molecule has 2 aromatic heterocycles. The molecule has 1 aliphatic rings. The SMILES string of the molecule is [2H]c1c([2H])c([2H])c(-c2cccc(-c3cc(C(C)(C)C)cc(C(C)(C)C)c3)c2N2[CH-]N(c3[c-]c(Oc4[c-]c5c(cc4)c4cc(C(C)(C)C)ccc4n5-c4cc(C([2H])([2H])[2H])ccn4)ccc3)c3ccccc32)c([2H])c1[2H].[Pt]. The van der Waals surface area contributed by atoms with E-state index in [4.69, 9.17) is 13.0 Å². The van der Waals surface area contributed by atoms with Crippen LogP contribution in [-0.2, 0) is 37.3 Å². The van der Waals surface area contributed by atoms with Crippen molar-refractivity contribution >= 4 is 44.6 Å². The molecule has 3 heterocycles. The zero-order chi connectivity index (χ0) is 53.0. The molecule has 67 heavy (non-hydrogen) atoms. The van der Waals surface area contributed by atoms with Gasteiger partial charge in [-0.05, 0) is 92.2 Å². The summed E-state index contributed by atoms with van der Waals surface area (Å²) in [6, 6.07) is 44.5.